The van der Waals surface area contributed by atoms with Crippen LogP contribution in [0.1, 0.15) is 25.7 Å². The van der Waals surface area contributed by atoms with E-state index in [0.29, 0.717) is 12.2 Å². The van der Waals surface area contributed by atoms with Gasteiger partial charge in [0.15, 0.2) is 0 Å². The SMILES string of the molecule is CO[Si](C)(CCC1CCC2O[C@H]2C1)OC. The summed E-state index contributed by atoms with van der Waals surface area (Å²) in [4.78, 5) is 0. The Labute approximate surface area is 93.3 Å². The molecule has 1 heterocycles. The van der Waals surface area contributed by atoms with Gasteiger partial charge in [0, 0.05) is 14.2 Å². The lowest BCUT2D eigenvalue weighted by Gasteiger charge is -2.26. The highest BCUT2D eigenvalue weighted by molar-refractivity contribution is 6.65. The molecule has 1 aliphatic heterocycles. The van der Waals surface area contributed by atoms with Gasteiger partial charge in [0.25, 0.3) is 0 Å². The van der Waals surface area contributed by atoms with Crippen molar-refractivity contribution in [3.05, 3.63) is 0 Å². The molecular formula is C11H22O3Si. The smallest absolute Gasteiger partial charge is 0.334 e. The van der Waals surface area contributed by atoms with Gasteiger partial charge in [-0.25, -0.2) is 0 Å². The Morgan fingerprint density at radius 2 is 1.93 bits per heavy atom. The van der Waals surface area contributed by atoms with Gasteiger partial charge in [-0.15, -0.1) is 0 Å². The van der Waals surface area contributed by atoms with Crippen molar-refractivity contribution in [3.8, 4) is 0 Å². The van der Waals surface area contributed by atoms with E-state index in [9.17, 15) is 0 Å². The van der Waals surface area contributed by atoms with Crippen LogP contribution in [0.5, 0.6) is 0 Å². The van der Waals surface area contributed by atoms with Crippen molar-refractivity contribution in [1.29, 1.82) is 0 Å². The lowest BCUT2D eigenvalue weighted by molar-refractivity contribution is 0.242. The lowest BCUT2D eigenvalue weighted by Crippen LogP contribution is -2.36. The maximum absolute atomic E-state index is 5.54. The summed E-state index contributed by atoms with van der Waals surface area (Å²) in [5.74, 6) is 0.839. The monoisotopic (exact) mass is 230 g/mol. The Hall–Kier alpha value is 0.0969. The summed E-state index contributed by atoms with van der Waals surface area (Å²) < 4.78 is 16.5. The molecule has 2 aliphatic rings. The number of epoxide rings is 1. The number of rotatable bonds is 5. The third-order valence-corrected chi connectivity index (χ3v) is 6.91. The van der Waals surface area contributed by atoms with Crippen LogP contribution in [0, 0.1) is 5.92 Å². The first-order chi connectivity index (χ1) is 7.17. The molecule has 15 heavy (non-hydrogen) atoms. The Bertz CT molecular complexity index is 218. The number of hydrogen-bond donors (Lipinski definition) is 0. The van der Waals surface area contributed by atoms with Gasteiger partial charge in [-0.2, -0.15) is 0 Å². The summed E-state index contributed by atoms with van der Waals surface area (Å²) >= 11 is 0. The molecule has 0 bridgehead atoms. The van der Waals surface area contributed by atoms with Crippen LogP contribution in [0.4, 0.5) is 0 Å². The maximum atomic E-state index is 5.54. The highest BCUT2D eigenvalue weighted by Crippen LogP contribution is 2.41. The molecule has 3 nitrogen and oxygen atoms in total. The molecule has 4 heteroatoms. The van der Waals surface area contributed by atoms with Crippen LogP contribution in [0.2, 0.25) is 12.6 Å². The van der Waals surface area contributed by atoms with Crippen LogP contribution in [0.15, 0.2) is 0 Å². The summed E-state index contributed by atoms with van der Waals surface area (Å²) in [5, 5.41) is 0. The first-order valence-electron chi connectivity index (χ1n) is 5.92. The fourth-order valence-electron chi connectivity index (χ4n) is 2.50. The van der Waals surface area contributed by atoms with Gasteiger partial charge in [-0.05, 0) is 44.2 Å². The zero-order valence-electron chi connectivity index (χ0n) is 9.99. The molecule has 0 aromatic heterocycles. The molecule has 0 amide bonds. The van der Waals surface area contributed by atoms with Crippen molar-refractivity contribution in [1.82, 2.24) is 0 Å². The Morgan fingerprint density at radius 1 is 1.20 bits per heavy atom. The minimum atomic E-state index is -1.83. The summed E-state index contributed by atoms with van der Waals surface area (Å²) in [6.07, 6.45) is 6.34. The topological polar surface area (TPSA) is 31.0 Å². The van der Waals surface area contributed by atoms with Crippen LogP contribution in [-0.2, 0) is 13.6 Å². The second-order valence-electron chi connectivity index (χ2n) is 4.97. The number of hydrogen-bond acceptors (Lipinski definition) is 3. The van der Waals surface area contributed by atoms with E-state index in [0.717, 1.165) is 12.0 Å². The van der Waals surface area contributed by atoms with Gasteiger partial charge in [0.05, 0.1) is 12.2 Å². The second-order valence-corrected chi connectivity index (χ2v) is 8.56. The van der Waals surface area contributed by atoms with Crippen molar-refractivity contribution in [2.24, 2.45) is 5.92 Å². The summed E-state index contributed by atoms with van der Waals surface area (Å²) in [7, 11) is 1.72. The van der Waals surface area contributed by atoms with E-state index in [2.05, 4.69) is 6.55 Å². The molecule has 2 unspecified atom stereocenters. The van der Waals surface area contributed by atoms with E-state index in [-0.39, 0.29) is 0 Å². The fourth-order valence-corrected chi connectivity index (χ4v) is 4.01. The molecule has 1 saturated heterocycles. The number of ether oxygens (including phenoxy) is 1. The summed E-state index contributed by atoms with van der Waals surface area (Å²) in [6.45, 7) is 2.15. The van der Waals surface area contributed by atoms with E-state index >= 15 is 0 Å². The van der Waals surface area contributed by atoms with Crippen molar-refractivity contribution in [2.75, 3.05) is 14.2 Å². The van der Waals surface area contributed by atoms with Crippen LogP contribution >= 0.6 is 0 Å². The van der Waals surface area contributed by atoms with Crippen molar-refractivity contribution in [2.45, 2.75) is 50.5 Å². The van der Waals surface area contributed by atoms with Gasteiger partial charge in [0.1, 0.15) is 0 Å². The second kappa shape index (κ2) is 4.53. The van der Waals surface area contributed by atoms with Gasteiger partial charge < -0.3 is 13.6 Å². The minimum absolute atomic E-state index is 0.599. The van der Waals surface area contributed by atoms with Gasteiger partial charge in [-0.1, -0.05) is 0 Å². The molecule has 88 valence electrons. The van der Waals surface area contributed by atoms with Gasteiger partial charge in [0.2, 0.25) is 0 Å². The third-order valence-electron chi connectivity index (χ3n) is 3.98. The molecule has 2 rings (SSSR count). The molecule has 0 aromatic carbocycles. The molecule has 0 N–H and O–H groups in total. The first kappa shape index (κ1) is 11.6. The average molecular weight is 230 g/mol. The van der Waals surface area contributed by atoms with E-state index < -0.39 is 8.56 Å². The quantitative estimate of drug-likeness (QED) is 0.536. The van der Waals surface area contributed by atoms with E-state index in [4.69, 9.17) is 13.6 Å². The Balaban J connectivity index is 1.72. The highest BCUT2D eigenvalue weighted by atomic mass is 28.4. The molecule has 0 aromatic rings. The van der Waals surface area contributed by atoms with E-state index in [1.54, 1.807) is 14.2 Å². The normalized spacial score (nSPS) is 35.0. The molecule has 1 saturated carbocycles. The Morgan fingerprint density at radius 3 is 2.53 bits per heavy atom. The first-order valence-corrected chi connectivity index (χ1v) is 8.45. The average Bonchev–Trinajstić information content (AvgIpc) is 3.04. The molecule has 0 spiro atoms. The van der Waals surface area contributed by atoms with Crippen molar-refractivity contribution in [3.63, 3.8) is 0 Å². The van der Waals surface area contributed by atoms with Crippen molar-refractivity contribution >= 4 is 8.56 Å². The maximum Gasteiger partial charge on any atom is 0.334 e. The predicted molar refractivity (Wildman–Crippen MR) is 61.1 cm³/mol. The molecule has 0 radical (unpaired) electrons. The minimum Gasteiger partial charge on any atom is -0.398 e. The molecular weight excluding hydrogens is 208 g/mol. The standard InChI is InChI=1S/C11H22O3Si/c1-12-15(3,13-2)7-6-9-4-5-10-11(8-9)14-10/h9-11H,4-8H2,1-3H3/t9?,10?,11-/m0/s1. The highest BCUT2D eigenvalue weighted by Gasteiger charge is 2.44. The predicted octanol–water partition coefficient (Wildman–Crippen LogP) is 2.31. The zero-order valence-corrected chi connectivity index (χ0v) is 11.0. The molecule has 2 fully saturated rings. The van der Waals surface area contributed by atoms with Crippen molar-refractivity contribution < 1.29 is 13.6 Å². The largest absolute Gasteiger partial charge is 0.398 e. The van der Waals surface area contributed by atoms with Gasteiger partial charge in [-0.3, -0.25) is 0 Å². The summed E-state index contributed by atoms with van der Waals surface area (Å²) in [5.41, 5.74) is 0. The lowest BCUT2D eigenvalue weighted by atomic mass is 9.88. The van der Waals surface area contributed by atoms with Gasteiger partial charge >= 0.3 is 8.56 Å². The van der Waals surface area contributed by atoms with Crippen LogP contribution in [0.3, 0.4) is 0 Å². The van der Waals surface area contributed by atoms with Crippen LogP contribution < -0.4 is 0 Å². The summed E-state index contributed by atoms with van der Waals surface area (Å²) in [6, 6.07) is 1.11. The zero-order chi connectivity index (χ0) is 10.9. The number of fused-ring (bicyclic) bond motifs is 1. The fraction of sp³-hybridized carbons (Fsp3) is 1.00. The van der Waals surface area contributed by atoms with E-state index in [1.807, 2.05) is 0 Å². The van der Waals surface area contributed by atoms with Crippen LogP contribution in [-0.4, -0.2) is 35.0 Å². The third kappa shape index (κ3) is 2.81. The Kier molecular flexibility index (Phi) is 3.50. The van der Waals surface area contributed by atoms with E-state index in [1.165, 1.54) is 25.7 Å². The molecule has 1 aliphatic carbocycles. The molecule has 3 atom stereocenters. The van der Waals surface area contributed by atoms with Crippen LogP contribution in [0.25, 0.3) is 0 Å².